The Bertz CT molecular complexity index is 206. The molecule has 0 bridgehead atoms. The van der Waals surface area contributed by atoms with Gasteiger partial charge in [0.15, 0.2) is 0 Å². The Balaban J connectivity index is 2.81. The maximum atomic E-state index is 5.68. The summed E-state index contributed by atoms with van der Waals surface area (Å²) in [4.78, 5) is 0. The molecule has 1 rings (SSSR count). The highest BCUT2D eigenvalue weighted by atomic mass is 14.6. The number of nitrogens with two attached hydrogens (primary N) is 1. The molecule has 1 heteroatoms. The highest BCUT2D eigenvalue weighted by Crippen LogP contribution is 2.11. The van der Waals surface area contributed by atoms with Crippen molar-refractivity contribution in [2.45, 2.75) is 19.8 Å². The first-order chi connectivity index (χ1) is 4.84. The van der Waals surface area contributed by atoms with E-state index in [1.807, 2.05) is 18.2 Å². The van der Waals surface area contributed by atoms with Crippen LogP contribution < -0.4 is 5.73 Å². The smallest absolute Gasteiger partial charge is 0.0352 e. The molecule has 0 saturated heterocycles. The molecule has 1 aromatic carbocycles. The lowest BCUT2D eigenvalue weighted by Gasteiger charge is -2.00. The third-order valence-electron chi connectivity index (χ3n) is 1.51. The molecule has 0 saturated carbocycles. The molecule has 1 aromatic rings. The Morgan fingerprint density at radius 1 is 1.60 bits per heavy atom. The first kappa shape index (κ1) is 7.13. The minimum atomic E-state index is 0.865. The maximum Gasteiger partial charge on any atom is 0.0352 e. The molecule has 0 unspecified atom stereocenters. The normalized spacial score (nSPS) is 9.70. The van der Waals surface area contributed by atoms with Crippen LogP contribution in [0.25, 0.3) is 0 Å². The third kappa shape index (κ3) is 1.50. The fourth-order valence-electron chi connectivity index (χ4n) is 0.973. The third-order valence-corrected chi connectivity index (χ3v) is 1.51. The second kappa shape index (κ2) is 3.25. The van der Waals surface area contributed by atoms with Crippen molar-refractivity contribution in [2.24, 2.45) is 0 Å². The fraction of sp³-hybridized carbons (Fsp3) is 0.333. The van der Waals surface area contributed by atoms with Crippen LogP contribution >= 0.6 is 0 Å². The van der Waals surface area contributed by atoms with Crippen LogP contribution in [0.2, 0.25) is 0 Å². The van der Waals surface area contributed by atoms with Crippen molar-refractivity contribution in [3.8, 4) is 0 Å². The first-order valence-corrected chi connectivity index (χ1v) is 3.59. The minimum Gasteiger partial charge on any atom is -0.398 e. The molecule has 0 aliphatic heterocycles. The monoisotopic (exact) mass is 134 g/mol. The van der Waals surface area contributed by atoms with Gasteiger partial charge in [0.1, 0.15) is 0 Å². The van der Waals surface area contributed by atoms with Crippen molar-refractivity contribution in [2.75, 3.05) is 5.73 Å². The fourth-order valence-corrected chi connectivity index (χ4v) is 0.973. The second-order valence-corrected chi connectivity index (χ2v) is 2.37. The van der Waals surface area contributed by atoms with E-state index in [2.05, 4.69) is 13.0 Å². The zero-order valence-electron chi connectivity index (χ0n) is 6.22. The van der Waals surface area contributed by atoms with Crippen LogP contribution in [0.3, 0.4) is 0 Å². The predicted molar refractivity (Wildman–Crippen MR) is 43.7 cm³/mol. The SMILES string of the molecule is CCCc1cc[c]cc1N. The molecule has 0 heterocycles. The molecular weight excluding hydrogens is 122 g/mol. The van der Waals surface area contributed by atoms with Crippen LogP contribution in [0.4, 0.5) is 5.69 Å². The molecule has 1 radical (unpaired) electrons. The lowest BCUT2D eigenvalue weighted by atomic mass is 10.1. The molecule has 0 aromatic heterocycles. The van der Waals surface area contributed by atoms with Crippen molar-refractivity contribution >= 4 is 5.69 Å². The van der Waals surface area contributed by atoms with Crippen molar-refractivity contribution in [3.05, 3.63) is 29.8 Å². The Morgan fingerprint density at radius 3 is 3.00 bits per heavy atom. The van der Waals surface area contributed by atoms with Crippen LogP contribution in [0.5, 0.6) is 0 Å². The van der Waals surface area contributed by atoms with E-state index in [0.29, 0.717) is 0 Å². The van der Waals surface area contributed by atoms with E-state index in [-0.39, 0.29) is 0 Å². The highest BCUT2D eigenvalue weighted by Gasteiger charge is 1.93. The molecule has 0 spiro atoms. The zero-order chi connectivity index (χ0) is 7.40. The van der Waals surface area contributed by atoms with Gasteiger partial charge in [-0.1, -0.05) is 25.5 Å². The van der Waals surface area contributed by atoms with E-state index in [1.54, 1.807) is 0 Å². The maximum absolute atomic E-state index is 5.68. The van der Waals surface area contributed by atoms with Crippen LogP contribution in [-0.2, 0) is 6.42 Å². The van der Waals surface area contributed by atoms with Gasteiger partial charge in [-0.2, -0.15) is 0 Å². The first-order valence-electron chi connectivity index (χ1n) is 3.59. The summed E-state index contributed by atoms with van der Waals surface area (Å²) in [6.07, 6.45) is 2.22. The quantitative estimate of drug-likeness (QED) is 0.615. The van der Waals surface area contributed by atoms with Crippen LogP contribution in [-0.4, -0.2) is 0 Å². The number of benzene rings is 1. The van der Waals surface area contributed by atoms with Crippen molar-refractivity contribution in [1.82, 2.24) is 0 Å². The molecule has 10 heavy (non-hydrogen) atoms. The van der Waals surface area contributed by atoms with Gasteiger partial charge in [0.05, 0.1) is 0 Å². The molecule has 1 nitrogen and oxygen atoms in total. The Hall–Kier alpha value is -0.980. The van der Waals surface area contributed by atoms with Crippen molar-refractivity contribution in [3.63, 3.8) is 0 Å². The van der Waals surface area contributed by atoms with Gasteiger partial charge in [-0.05, 0) is 24.1 Å². The summed E-state index contributed by atoms with van der Waals surface area (Å²) in [5.41, 5.74) is 7.78. The average Bonchev–Trinajstić information content (AvgIpc) is 1.94. The predicted octanol–water partition coefficient (Wildman–Crippen LogP) is 2.02. The van der Waals surface area contributed by atoms with E-state index in [1.165, 1.54) is 5.56 Å². The Kier molecular flexibility index (Phi) is 2.32. The average molecular weight is 134 g/mol. The summed E-state index contributed by atoms with van der Waals surface area (Å²) < 4.78 is 0. The molecule has 0 amide bonds. The molecule has 0 aliphatic carbocycles. The Morgan fingerprint density at radius 2 is 2.40 bits per heavy atom. The second-order valence-electron chi connectivity index (χ2n) is 2.37. The van der Waals surface area contributed by atoms with Crippen LogP contribution in [0.1, 0.15) is 18.9 Å². The Labute approximate surface area is 61.9 Å². The highest BCUT2D eigenvalue weighted by molar-refractivity contribution is 5.45. The van der Waals surface area contributed by atoms with Gasteiger partial charge in [-0.25, -0.2) is 0 Å². The van der Waals surface area contributed by atoms with Gasteiger partial charge < -0.3 is 5.73 Å². The summed E-state index contributed by atoms with van der Waals surface area (Å²) in [6.45, 7) is 2.15. The number of anilines is 1. The molecule has 0 fully saturated rings. The summed E-state index contributed by atoms with van der Waals surface area (Å²) in [6, 6.07) is 8.69. The van der Waals surface area contributed by atoms with E-state index in [0.717, 1.165) is 18.5 Å². The van der Waals surface area contributed by atoms with Gasteiger partial charge in [0.25, 0.3) is 0 Å². The van der Waals surface area contributed by atoms with Crippen molar-refractivity contribution in [1.29, 1.82) is 0 Å². The summed E-state index contributed by atoms with van der Waals surface area (Å²) in [7, 11) is 0. The van der Waals surface area contributed by atoms with E-state index in [9.17, 15) is 0 Å². The van der Waals surface area contributed by atoms with Crippen LogP contribution in [0, 0.1) is 6.07 Å². The van der Waals surface area contributed by atoms with E-state index in [4.69, 9.17) is 5.73 Å². The lowest BCUT2D eigenvalue weighted by molar-refractivity contribution is 0.924. The number of hydrogen-bond acceptors (Lipinski definition) is 1. The molecule has 0 atom stereocenters. The summed E-state index contributed by atoms with van der Waals surface area (Å²) in [5, 5.41) is 0. The molecule has 0 aliphatic rings. The van der Waals surface area contributed by atoms with Gasteiger partial charge in [-0.3, -0.25) is 0 Å². The molecular formula is C9H12N. The number of nitrogen functional groups attached to an aromatic ring is 1. The van der Waals surface area contributed by atoms with Gasteiger partial charge in [-0.15, -0.1) is 0 Å². The number of aryl methyl sites for hydroxylation is 1. The standard InChI is InChI=1S/C9H12N/c1-2-5-8-6-3-4-7-9(8)10/h3,6-7H,2,5,10H2,1H3. The van der Waals surface area contributed by atoms with E-state index >= 15 is 0 Å². The van der Waals surface area contributed by atoms with Gasteiger partial charge in [0, 0.05) is 5.69 Å². The van der Waals surface area contributed by atoms with Crippen LogP contribution in [0.15, 0.2) is 18.2 Å². The van der Waals surface area contributed by atoms with Gasteiger partial charge in [0.2, 0.25) is 0 Å². The van der Waals surface area contributed by atoms with Crippen molar-refractivity contribution < 1.29 is 0 Å². The zero-order valence-corrected chi connectivity index (χ0v) is 6.22. The molecule has 53 valence electrons. The van der Waals surface area contributed by atoms with Gasteiger partial charge >= 0.3 is 0 Å². The largest absolute Gasteiger partial charge is 0.398 e. The molecule has 2 N–H and O–H groups in total. The topological polar surface area (TPSA) is 26.0 Å². The number of hydrogen-bond donors (Lipinski definition) is 1. The summed E-state index contributed by atoms with van der Waals surface area (Å²) >= 11 is 0. The van der Waals surface area contributed by atoms with E-state index < -0.39 is 0 Å². The summed E-state index contributed by atoms with van der Waals surface area (Å²) in [5.74, 6) is 0. The minimum absolute atomic E-state index is 0.865. The lowest BCUT2D eigenvalue weighted by Crippen LogP contribution is -1.92. The number of rotatable bonds is 2.